The van der Waals surface area contributed by atoms with Gasteiger partial charge in [0.2, 0.25) is 0 Å². The summed E-state index contributed by atoms with van der Waals surface area (Å²) in [7, 11) is 0. The molecule has 0 saturated carbocycles. The first-order valence-electron chi connectivity index (χ1n) is 8.18. The Labute approximate surface area is 131 Å². The molecule has 21 heavy (non-hydrogen) atoms. The van der Waals surface area contributed by atoms with Crippen molar-refractivity contribution in [3.63, 3.8) is 0 Å². The molecule has 1 rings (SSSR count). The Balaban J connectivity index is 2.88. The van der Waals surface area contributed by atoms with Crippen LogP contribution in [0.25, 0.3) is 0 Å². The van der Waals surface area contributed by atoms with Crippen LogP contribution in [0.2, 0.25) is 0 Å². The van der Waals surface area contributed by atoms with Crippen molar-refractivity contribution >= 4 is 0 Å². The van der Waals surface area contributed by atoms with Crippen molar-refractivity contribution < 1.29 is 0 Å². The van der Waals surface area contributed by atoms with Crippen molar-refractivity contribution in [2.75, 3.05) is 0 Å². The topological polar surface area (TPSA) is 24.9 Å². The molecule has 0 radical (unpaired) electrons. The third-order valence-electron chi connectivity index (χ3n) is 4.06. The minimum atomic E-state index is 0.284. The zero-order valence-corrected chi connectivity index (χ0v) is 15.2. The van der Waals surface area contributed by atoms with Gasteiger partial charge in [-0.05, 0) is 35.3 Å². The van der Waals surface area contributed by atoms with Crippen LogP contribution in [-0.2, 0) is 13.0 Å². The number of hydrogen-bond donors (Lipinski definition) is 1. The molecule has 0 aliphatic rings. The number of nitrogens with zero attached hydrogens (tertiary/aromatic N) is 1. The average Bonchev–Trinajstić information content (AvgIpc) is 2.31. The molecule has 0 aromatic carbocycles. The summed E-state index contributed by atoms with van der Waals surface area (Å²) in [6, 6.07) is 6.92. The molecule has 1 N–H and O–H groups in total. The SMILES string of the molecule is CC(C)NCc1cccc(CC(C(C)(C)C)C(C)(C)C)n1. The summed E-state index contributed by atoms with van der Waals surface area (Å²) in [6.45, 7) is 19.2. The molecule has 0 saturated heterocycles. The maximum atomic E-state index is 4.85. The molecule has 0 unspecified atom stereocenters. The zero-order valence-electron chi connectivity index (χ0n) is 15.2. The van der Waals surface area contributed by atoms with Crippen LogP contribution in [0.5, 0.6) is 0 Å². The van der Waals surface area contributed by atoms with Gasteiger partial charge >= 0.3 is 0 Å². The summed E-state index contributed by atoms with van der Waals surface area (Å²) in [5.74, 6) is 0.603. The van der Waals surface area contributed by atoms with Gasteiger partial charge in [0.25, 0.3) is 0 Å². The maximum Gasteiger partial charge on any atom is 0.0545 e. The van der Waals surface area contributed by atoms with Gasteiger partial charge < -0.3 is 5.32 Å². The van der Waals surface area contributed by atoms with E-state index in [0.29, 0.717) is 12.0 Å². The fourth-order valence-electron chi connectivity index (χ4n) is 3.17. The van der Waals surface area contributed by atoms with E-state index in [1.165, 1.54) is 5.69 Å². The van der Waals surface area contributed by atoms with Crippen molar-refractivity contribution in [2.24, 2.45) is 16.7 Å². The maximum absolute atomic E-state index is 4.85. The largest absolute Gasteiger partial charge is 0.309 e. The monoisotopic (exact) mass is 290 g/mol. The summed E-state index contributed by atoms with van der Waals surface area (Å²) in [5.41, 5.74) is 2.92. The number of rotatable bonds is 5. The van der Waals surface area contributed by atoms with E-state index in [0.717, 1.165) is 18.7 Å². The van der Waals surface area contributed by atoms with E-state index in [4.69, 9.17) is 4.98 Å². The third-order valence-corrected chi connectivity index (χ3v) is 4.06. The molecule has 1 aromatic rings. The molecule has 0 amide bonds. The van der Waals surface area contributed by atoms with Crippen LogP contribution in [0.15, 0.2) is 18.2 Å². The zero-order chi connectivity index (χ0) is 16.3. The minimum Gasteiger partial charge on any atom is -0.309 e. The summed E-state index contributed by atoms with van der Waals surface area (Å²) in [4.78, 5) is 4.85. The highest BCUT2D eigenvalue weighted by molar-refractivity contribution is 5.13. The van der Waals surface area contributed by atoms with Crippen LogP contribution < -0.4 is 5.32 Å². The van der Waals surface area contributed by atoms with Crippen LogP contribution in [0.4, 0.5) is 0 Å². The lowest BCUT2D eigenvalue weighted by Gasteiger charge is -2.40. The van der Waals surface area contributed by atoms with E-state index in [-0.39, 0.29) is 10.8 Å². The summed E-state index contributed by atoms with van der Waals surface area (Å²) < 4.78 is 0. The van der Waals surface area contributed by atoms with E-state index in [1.54, 1.807) is 0 Å². The first-order valence-corrected chi connectivity index (χ1v) is 8.18. The predicted molar refractivity (Wildman–Crippen MR) is 92.3 cm³/mol. The Hall–Kier alpha value is -0.890. The minimum absolute atomic E-state index is 0.284. The van der Waals surface area contributed by atoms with Crippen LogP contribution in [0.1, 0.15) is 66.8 Å². The van der Waals surface area contributed by atoms with E-state index < -0.39 is 0 Å². The third kappa shape index (κ3) is 6.17. The molecule has 0 aliphatic carbocycles. The molecular formula is C19H34N2. The van der Waals surface area contributed by atoms with Gasteiger partial charge in [0, 0.05) is 18.3 Å². The molecule has 2 nitrogen and oxygen atoms in total. The van der Waals surface area contributed by atoms with Crippen LogP contribution in [0.3, 0.4) is 0 Å². The first-order chi connectivity index (χ1) is 9.50. The summed E-state index contributed by atoms with van der Waals surface area (Å²) >= 11 is 0. The standard InChI is InChI=1S/C19H34N2/c1-14(2)20-13-16-11-9-10-15(21-16)12-17(18(3,4)5)19(6,7)8/h9-11,14,17,20H,12-13H2,1-8H3. The lowest BCUT2D eigenvalue weighted by molar-refractivity contribution is 0.101. The molecule has 2 heteroatoms. The van der Waals surface area contributed by atoms with Crippen molar-refractivity contribution in [2.45, 2.75) is 74.4 Å². The van der Waals surface area contributed by atoms with E-state index in [2.05, 4.69) is 78.9 Å². The summed E-state index contributed by atoms with van der Waals surface area (Å²) in [5, 5.41) is 3.44. The van der Waals surface area contributed by atoms with Gasteiger partial charge in [-0.1, -0.05) is 61.5 Å². The van der Waals surface area contributed by atoms with E-state index in [1.807, 2.05) is 0 Å². The highest BCUT2D eigenvalue weighted by atomic mass is 14.9. The second-order valence-corrected chi connectivity index (χ2v) is 8.64. The molecule has 1 heterocycles. The van der Waals surface area contributed by atoms with Crippen LogP contribution in [0, 0.1) is 16.7 Å². The smallest absolute Gasteiger partial charge is 0.0545 e. The molecule has 0 fully saturated rings. The average molecular weight is 290 g/mol. The molecule has 0 aliphatic heterocycles. The Morgan fingerprint density at radius 1 is 0.952 bits per heavy atom. The molecule has 0 spiro atoms. The van der Waals surface area contributed by atoms with Gasteiger partial charge in [-0.2, -0.15) is 0 Å². The Bertz CT molecular complexity index is 422. The van der Waals surface area contributed by atoms with Crippen molar-refractivity contribution in [3.05, 3.63) is 29.6 Å². The summed E-state index contributed by atoms with van der Waals surface area (Å²) in [6.07, 6.45) is 1.04. The van der Waals surface area contributed by atoms with E-state index in [9.17, 15) is 0 Å². The van der Waals surface area contributed by atoms with E-state index >= 15 is 0 Å². The lowest BCUT2D eigenvalue weighted by atomic mass is 9.65. The predicted octanol–water partition coefficient (Wildman–Crippen LogP) is 4.83. The van der Waals surface area contributed by atoms with Gasteiger partial charge in [0.1, 0.15) is 0 Å². The number of pyridine rings is 1. The molecule has 0 atom stereocenters. The molecule has 120 valence electrons. The van der Waals surface area contributed by atoms with Gasteiger partial charge in [-0.15, -0.1) is 0 Å². The Morgan fingerprint density at radius 3 is 1.95 bits per heavy atom. The van der Waals surface area contributed by atoms with Crippen LogP contribution >= 0.6 is 0 Å². The molecule has 0 bridgehead atoms. The fourth-order valence-corrected chi connectivity index (χ4v) is 3.17. The van der Waals surface area contributed by atoms with Gasteiger partial charge in [-0.3, -0.25) is 4.98 Å². The highest BCUT2D eigenvalue weighted by Gasteiger charge is 2.34. The van der Waals surface area contributed by atoms with Crippen molar-refractivity contribution in [1.82, 2.24) is 10.3 Å². The van der Waals surface area contributed by atoms with Gasteiger partial charge in [0.05, 0.1) is 5.69 Å². The second kappa shape index (κ2) is 6.91. The first kappa shape index (κ1) is 18.2. The number of hydrogen-bond acceptors (Lipinski definition) is 2. The number of nitrogens with one attached hydrogen (secondary N) is 1. The fraction of sp³-hybridized carbons (Fsp3) is 0.737. The van der Waals surface area contributed by atoms with Crippen molar-refractivity contribution in [1.29, 1.82) is 0 Å². The Kier molecular flexibility index (Phi) is 5.98. The normalized spacial score (nSPS) is 13.2. The highest BCUT2D eigenvalue weighted by Crippen LogP contribution is 2.41. The van der Waals surface area contributed by atoms with Gasteiger partial charge in [0.15, 0.2) is 0 Å². The quantitative estimate of drug-likeness (QED) is 0.840. The molecule has 1 aromatic heterocycles. The molecular weight excluding hydrogens is 256 g/mol. The van der Waals surface area contributed by atoms with Crippen LogP contribution in [-0.4, -0.2) is 11.0 Å². The number of aromatic nitrogens is 1. The van der Waals surface area contributed by atoms with Gasteiger partial charge in [-0.25, -0.2) is 0 Å². The Morgan fingerprint density at radius 2 is 1.48 bits per heavy atom. The second-order valence-electron chi connectivity index (χ2n) is 8.64. The lowest BCUT2D eigenvalue weighted by Crippen LogP contribution is -2.34. The van der Waals surface area contributed by atoms with Crippen molar-refractivity contribution in [3.8, 4) is 0 Å².